The number of halogens is 4. The number of benzene rings is 4. The van der Waals surface area contributed by atoms with E-state index in [1.165, 1.54) is 35.7 Å². The molecule has 2 aliphatic rings. The van der Waals surface area contributed by atoms with E-state index in [-0.39, 0.29) is 12.2 Å². The van der Waals surface area contributed by atoms with Crippen LogP contribution in [0, 0.1) is 19.7 Å². The SMILES string of the molecule is Cc1c(-c2cccc(N3CCN(c4ccc(NSC5C=C(S(=O)(=O)C(F)(F)F)C(NSc6ccccc6)CC5)cc4)CC3)c2)c(-c2ccc(F)cc2)n(C)c1C. The minimum atomic E-state index is -5.52. The van der Waals surface area contributed by atoms with Gasteiger partial charge in [-0.3, -0.25) is 4.72 Å². The molecule has 14 heteroatoms. The summed E-state index contributed by atoms with van der Waals surface area (Å²) in [7, 11) is -3.47. The summed E-state index contributed by atoms with van der Waals surface area (Å²) in [5.74, 6) is -0.260. The molecule has 0 bridgehead atoms. The highest BCUT2D eigenvalue weighted by molar-refractivity contribution is 8.01. The highest BCUT2D eigenvalue weighted by Crippen LogP contribution is 2.41. The zero-order valence-electron chi connectivity index (χ0n) is 31.2. The van der Waals surface area contributed by atoms with E-state index in [2.05, 4.69) is 69.0 Å². The molecular weight excluding hydrogens is 779 g/mol. The Balaban J connectivity index is 0.977. The largest absolute Gasteiger partial charge is 0.501 e. The third-order valence-electron chi connectivity index (χ3n) is 10.6. The topological polar surface area (TPSA) is 69.6 Å². The first-order valence-corrected chi connectivity index (χ1v) is 21.5. The van der Waals surface area contributed by atoms with Gasteiger partial charge in [0.25, 0.3) is 9.84 Å². The molecule has 7 nitrogen and oxygen atoms in total. The Morgan fingerprint density at radius 1 is 0.768 bits per heavy atom. The lowest BCUT2D eigenvalue weighted by atomic mass is 9.97. The maximum Gasteiger partial charge on any atom is 0.501 e. The predicted octanol–water partition coefficient (Wildman–Crippen LogP) is 10.1. The molecule has 4 aromatic carbocycles. The van der Waals surface area contributed by atoms with Crippen LogP contribution in [-0.4, -0.2) is 56.0 Å². The molecule has 1 aromatic heterocycles. The van der Waals surface area contributed by atoms with Gasteiger partial charge in [0.1, 0.15) is 5.82 Å². The minimum absolute atomic E-state index is 0.234. The third kappa shape index (κ3) is 8.48. The fraction of sp³-hybridized carbons (Fsp3) is 0.286. The van der Waals surface area contributed by atoms with E-state index in [4.69, 9.17) is 0 Å². The summed E-state index contributed by atoms with van der Waals surface area (Å²) in [6.07, 6.45) is 1.97. The number of hydrogen-bond acceptors (Lipinski definition) is 8. The number of nitrogens with one attached hydrogen (secondary N) is 2. The first-order chi connectivity index (χ1) is 26.8. The highest BCUT2D eigenvalue weighted by atomic mass is 32.2. The molecule has 2 heterocycles. The normalized spacial score (nSPS) is 17.9. The van der Waals surface area contributed by atoms with Crippen molar-refractivity contribution in [3.05, 3.63) is 131 Å². The number of nitrogens with zero attached hydrogens (tertiary/aromatic N) is 3. The molecular formula is C42H43F4N5O2S3. The van der Waals surface area contributed by atoms with E-state index in [1.807, 2.05) is 54.6 Å². The van der Waals surface area contributed by atoms with Gasteiger partial charge in [-0.2, -0.15) is 13.2 Å². The van der Waals surface area contributed by atoms with E-state index in [0.29, 0.717) is 6.42 Å². The Morgan fingerprint density at radius 2 is 1.43 bits per heavy atom. The Kier molecular flexibility index (Phi) is 11.8. The standard InChI is InChI=1S/C42H43F4N5O2S3/c1-28-29(2)49(3)41(30-12-14-32(43)15-13-30)40(28)31-8-7-9-35(26-31)51-24-22-50(23-25-51)34-18-16-33(17-19-34)47-55-37-20-21-38(48-54-36-10-5-4-6-11-36)39(27-37)56(52,53)42(44,45)46/h4-19,26-27,37-38,47-48H,20-25H2,1-3H3. The van der Waals surface area contributed by atoms with E-state index in [9.17, 15) is 26.0 Å². The summed E-state index contributed by atoms with van der Waals surface area (Å²) in [5, 5.41) is -0.475. The number of aromatic nitrogens is 1. The Labute approximate surface area is 334 Å². The maximum atomic E-state index is 13.8. The average Bonchev–Trinajstić information content (AvgIpc) is 3.43. The molecule has 56 heavy (non-hydrogen) atoms. The Bertz CT molecular complexity index is 2290. The number of alkyl halides is 3. The van der Waals surface area contributed by atoms with Crippen LogP contribution in [0.4, 0.5) is 34.6 Å². The molecule has 0 amide bonds. The van der Waals surface area contributed by atoms with Gasteiger partial charge in [0.15, 0.2) is 0 Å². The van der Waals surface area contributed by atoms with Gasteiger partial charge in [-0.1, -0.05) is 36.4 Å². The molecule has 2 atom stereocenters. The molecule has 0 saturated carbocycles. The lowest BCUT2D eigenvalue weighted by Gasteiger charge is -2.37. The van der Waals surface area contributed by atoms with Gasteiger partial charge in [0.2, 0.25) is 0 Å². The van der Waals surface area contributed by atoms with Gasteiger partial charge in [-0.25, -0.2) is 12.8 Å². The minimum Gasteiger partial charge on any atom is -0.368 e. The van der Waals surface area contributed by atoms with E-state index >= 15 is 0 Å². The van der Waals surface area contributed by atoms with Crippen molar-refractivity contribution in [2.24, 2.45) is 7.05 Å². The monoisotopic (exact) mass is 821 g/mol. The summed E-state index contributed by atoms with van der Waals surface area (Å²) in [6, 6.07) is 31.3. The van der Waals surface area contributed by atoms with Gasteiger partial charge in [0, 0.05) is 71.7 Å². The van der Waals surface area contributed by atoms with Crippen molar-refractivity contribution in [1.82, 2.24) is 9.29 Å². The molecule has 1 saturated heterocycles. The van der Waals surface area contributed by atoms with Crippen LogP contribution in [0.2, 0.25) is 0 Å². The fourth-order valence-corrected chi connectivity index (χ4v) is 10.3. The average molecular weight is 822 g/mol. The second-order valence-electron chi connectivity index (χ2n) is 14.0. The van der Waals surface area contributed by atoms with Crippen LogP contribution in [0.25, 0.3) is 22.4 Å². The molecule has 1 aliphatic heterocycles. The van der Waals surface area contributed by atoms with E-state index in [1.54, 1.807) is 12.1 Å². The van der Waals surface area contributed by atoms with Gasteiger partial charge in [0.05, 0.1) is 16.6 Å². The van der Waals surface area contributed by atoms with E-state index < -0.39 is 31.5 Å². The molecule has 2 N–H and O–H groups in total. The summed E-state index contributed by atoms with van der Waals surface area (Å²) in [6.45, 7) is 7.53. The van der Waals surface area contributed by atoms with Crippen LogP contribution in [0.15, 0.2) is 119 Å². The molecule has 0 radical (unpaired) electrons. The molecule has 0 spiro atoms. The van der Waals surface area contributed by atoms with Crippen molar-refractivity contribution in [1.29, 1.82) is 0 Å². The molecule has 2 unspecified atom stereocenters. The molecule has 7 rings (SSSR count). The van der Waals surface area contributed by atoms with Crippen LogP contribution >= 0.6 is 23.9 Å². The predicted molar refractivity (Wildman–Crippen MR) is 223 cm³/mol. The number of anilines is 3. The molecule has 1 fully saturated rings. The van der Waals surface area contributed by atoms with Crippen molar-refractivity contribution >= 4 is 50.8 Å². The van der Waals surface area contributed by atoms with Crippen LogP contribution in [0.3, 0.4) is 0 Å². The second kappa shape index (κ2) is 16.6. The highest BCUT2D eigenvalue weighted by Gasteiger charge is 2.51. The summed E-state index contributed by atoms with van der Waals surface area (Å²) < 4.78 is 88.5. The fourth-order valence-electron chi connectivity index (χ4n) is 7.31. The first kappa shape index (κ1) is 39.8. The quantitative estimate of drug-likeness (QED) is 0.101. The van der Waals surface area contributed by atoms with Crippen LogP contribution in [0.1, 0.15) is 24.1 Å². The molecule has 1 aliphatic carbocycles. The lowest BCUT2D eigenvalue weighted by Crippen LogP contribution is -2.46. The molecule has 294 valence electrons. The maximum absolute atomic E-state index is 13.8. The number of piperazine rings is 1. The lowest BCUT2D eigenvalue weighted by molar-refractivity contribution is -0.0428. The van der Waals surface area contributed by atoms with Gasteiger partial charge in [-0.15, -0.1) is 0 Å². The Morgan fingerprint density at radius 3 is 2.09 bits per heavy atom. The Hall–Kier alpha value is -4.37. The van der Waals surface area contributed by atoms with Crippen molar-refractivity contribution in [3.8, 4) is 22.4 Å². The van der Waals surface area contributed by atoms with Crippen LogP contribution in [-0.2, 0) is 16.9 Å². The summed E-state index contributed by atoms with van der Waals surface area (Å²) >= 11 is 2.33. The zero-order valence-corrected chi connectivity index (χ0v) is 33.6. The smallest absolute Gasteiger partial charge is 0.368 e. The zero-order chi connectivity index (χ0) is 39.6. The first-order valence-electron chi connectivity index (χ1n) is 18.3. The van der Waals surface area contributed by atoms with Gasteiger partial charge in [-0.05, 0) is 140 Å². The third-order valence-corrected chi connectivity index (χ3v) is 14.2. The number of hydrogen-bond donors (Lipinski definition) is 2. The van der Waals surface area contributed by atoms with Crippen LogP contribution < -0.4 is 19.2 Å². The summed E-state index contributed by atoms with van der Waals surface area (Å²) in [5.41, 5.74) is 4.24. The molecule has 5 aromatic rings. The van der Waals surface area contributed by atoms with Crippen molar-refractivity contribution in [2.45, 2.75) is 48.4 Å². The van der Waals surface area contributed by atoms with Crippen molar-refractivity contribution < 1.29 is 26.0 Å². The van der Waals surface area contributed by atoms with Gasteiger partial charge >= 0.3 is 5.51 Å². The second-order valence-corrected chi connectivity index (χ2v) is 17.9. The summed E-state index contributed by atoms with van der Waals surface area (Å²) in [4.78, 5) is 4.85. The van der Waals surface area contributed by atoms with Gasteiger partial charge < -0.3 is 19.1 Å². The van der Waals surface area contributed by atoms with E-state index in [0.717, 1.165) is 88.2 Å². The number of sulfone groups is 1. The van der Waals surface area contributed by atoms with Crippen molar-refractivity contribution in [2.75, 3.05) is 40.7 Å². The van der Waals surface area contributed by atoms with Crippen LogP contribution in [0.5, 0.6) is 0 Å². The van der Waals surface area contributed by atoms with Crippen molar-refractivity contribution in [3.63, 3.8) is 0 Å². The number of rotatable bonds is 11.